The molecule has 0 saturated heterocycles. The van der Waals surface area contributed by atoms with E-state index < -0.39 is 5.63 Å². The molecule has 0 aliphatic rings. The Hall–Kier alpha value is -2.60. The lowest BCUT2D eigenvalue weighted by Crippen LogP contribution is -2.27. The summed E-state index contributed by atoms with van der Waals surface area (Å²) in [6.07, 6.45) is 0.919. The molecule has 1 aromatic carbocycles. The number of carbonyl (C=O) groups excluding carboxylic acids is 1. The molecule has 0 unspecified atom stereocenters. The number of aryl methyl sites for hydroxylation is 1. The molecule has 1 amide bonds. The number of nitrogens with one attached hydrogen (secondary N) is 1. The van der Waals surface area contributed by atoms with Crippen LogP contribution in [0.2, 0.25) is 0 Å². The molecule has 6 nitrogen and oxygen atoms in total. The minimum absolute atomic E-state index is 0.181. The van der Waals surface area contributed by atoms with Gasteiger partial charge in [-0.1, -0.05) is 12.1 Å². The highest BCUT2D eigenvalue weighted by Crippen LogP contribution is 2.26. The van der Waals surface area contributed by atoms with Crippen LogP contribution < -0.4 is 10.9 Å². The zero-order valence-electron chi connectivity index (χ0n) is 15.4. The molecule has 0 bridgehead atoms. The molecule has 1 N–H and O–H groups in total. The van der Waals surface area contributed by atoms with Crippen LogP contribution in [0, 0.1) is 0 Å². The van der Waals surface area contributed by atoms with Crippen LogP contribution in [-0.2, 0) is 11.3 Å². The van der Waals surface area contributed by atoms with Crippen LogP contribution in [0.1, 0.15) is 37.7 Å². The number of aromatic nitrogens is 1. The summed E-state index contributed by atoms with van der Waals surface area (Å²) in [6, 6.07) is 9.00. The van der Waals surface area contributed by atoms with Gasteiger partial charge in [0.2, 0.25) is 0 Å². The third kappa shape index (κ3) is 3.51. The Morgan fingerprint density at radius 1 is 1.27 bits per heavy atom. The van der Waals surface area contributed by atoms with Crippen molar-refractivity contribution in [3.63, 3.8) is 0 Å². The molecule has 0 fully saturated rings. The zero-order chi connectivity index (χ0) is 18.7. The van der Waals surface area contributed by atoms with E-state index in [4.69, 9.17) is 9.15 Å². The van der Waals surface area contributed by atoms with Crippen molar-refractivity contribution in [2.24, 2.45) is 0 Å². The van der Waals surface area contributed by atoms with Crippen molar-refractivity contribution in [3.05, 3.63) is 46.4 Å². The fraction of sp³-hybridized carbons (Fsp3) is 0.400. The first-order valence-corrected chi connectivity index (χ1v) is 8.97. The summed E-state index contributed by atoms with van der Waals surface area (Å²) in [5.41, 5.74) is 1.31. The summed E-state index contributed by atoms with van der Waals surface area (Å²) >= 11 is 0. The molecule has 6 heteroatoms. The highest BCUT2D eigenvalue weighted by atomic mass is 16.5. The number of carbonyl (C=O) groups is 1. The molecule has 0 aliphatic carbocycles. The Morgan fingerprint density at radius 3 is 2.77 bits per heavy atom. The minimum Gasteiger partial charge on any atom is -0.422 e. The number of hydrogen-bond donors (Lipinski definition) is 1. The van der Waals surface area contributed by atoms with Crippen molar-refractivity contribution < 1.29 is 13.9 Å². The van der Waals surface area contributed by atoms with E-state index in [1.807, 2.05) is 43.5 Å². The van der Waals surface area contributed by atoms with Gasteiger partial charge in [0.05, 0.1) is 17.0 Å². The molecule has 26 heavy (non-hydrogen) atoms. The summed E-state index contributed by atoms with van der Waals surface area (Å²) in [6.45, 7) is 7.61. The van der Waals surface area contributed by atoms with E-state index in [0.717, 1.165) is 17.3 Å². The van der Waals surface area contributed by atoms with Crippen LogP contribution in [0.5, 0.6) is 0 Å². The second-order valence-electron chi connectivity index (χ2n) is 6.45. The monoisotopic (exact) mass is 356 g/mol. The molecule has 2 heterocycles. The maximum Gasteiger partial charge on any atom is 0.345 e. The van der Waals surface area contributed by atoms with Gasteiger partial charge in [0.25, 0.3) is 5.91 Å². The molecule has 0 spiro atoms. The number of rotatable bonds is 7. The lowest BCUT2D eigenvalue weighted by atomic mass is 10.2. The number of nitrogens with zero attached hydrogens (tertiary/aromatic N) is 1. The van der Waals surface area contributed by atoms with Gasteiger partial charge in [-0.15, -0.1) is 0 Å². The van der Waals surface area contributed by atoms with E-state index in [2.05, 4.69) is 5.32 Å². The fourth-order valence-electron chi connectivity index (χ4n) is 3.10. The number of fused-ring (bicyclic) bond motifs is 3. The SMILES string of the molecule is CCn1c(C(=O)NCCCOC(C)C)cc2c(=O)oc3ccccc3c21. The lowest BCUT2D eigenvalue weighted by molar-refractivity contribution is 0.0756. The Bertz CT molecular complexity index is 985. The van der Waals surface area contributed by atoms with E-state index in [-0.39, 0.29) is 12.0 Å². The van der Waals surface area contributed by atoms with Gasteiger partial charge in [-0.2, -0.15) is 0 Å². The van der Waals surface area contributed by atoms with Crippen molar-refractivity contribution in [2.75, 3.05) is 13.2 Å². The zero-order valence-corrected chi connectivity index (χ0v) is 15.4. The number of benzene rings is 1. The van der Waals surface area contributed by atoms with Crippen molar-refractivity contribution in [3.8, 4) is 0 Å². The average molecular weight is 356 g/mol. The van der Waals surface area contributed by atoms with Crippen LogP contribution in [0.15, 0.2) is 39.5 Å². The fourth-order valence-corrected chi connectivity index (χ4v) is 3.10. The van der Waals surface area contributed by atoms with E-state index in [9.17, 15) is 9.59 Å². The van der Waals surface area contributed by atoms with Crippen molar-refractivity contribution in [1.82, 2.24) is 9.88 Å². The number of hydrogen-bond acceptors (Lipinski definition) is 4. The van der Waals surface area contributed by atoms with Gasteiger partial charge < -0.3 is 19.0 Å². The lowest BCUT2D eigenvalue weighted by Gasteiger charge is -2.10. The summed E-state index contributed by atoms with van der Waals surface area (Å²) in [7, 11) is 0. The molecular formula is C20H24N2O4. The van der Waals surface area contributed by atoms with Gasteiger partial charge in [0.1, 0.15) is 11.3 Å². The van der Waals surface area contributed by atoms with Crippen LogP contribution in [0.3, 0.4) is 0 Å². The molecule has 138 valence electrons. The second-order valence-corrected chi connectivity index (χ2v) is 6.45. The second kappa shape index (κ2) is 7.74. The van der Waals surface area contributed by atoms with Crippen molar-refractivity contribution in [2.45, 2.75) is 39.8 Å². The molecule has 0 atom stereocenters. The Labute approximate surface area is 151 Å². The summed E-state index contributed by atoms with van der Waals surface area (Å²) in [4.78, 5) is 25.0. The first-order valence-electron chi connectivity index (χ1n) is 8.97. The molecule has 0 aliphatic heterocycles. The normalized spacial score (nSPS) is 11.5. The summed E-state index contributed by atoms with van der Waals surface area (Å²) < 4.78 is 12.7. The van der Waals surface area contributed by atoms with E-state index in [1.54, 1.807) is 12.1 Å². The average Bonchev–Trinajstić information content (AvgIpc) is 3.01. The Balaban J connectivity index is 1.91. The molecule has 2 aromatic heterocycles. The predicted octanol–water partition coefficient (Wildman–Crippen LogP) is 3.31. The highest BCUT2D eigenvalue weighted by Gasteiger charge is 2.19. The van der Waals surface area contributed by atoms with Crippen LogP contribution >= 0.6 is 0 Å². The summed E-state index contributed by atoms with van der Waals surface area (Å²) in [5, 5.41) is 4.16. The first kappa shape index (κ1) is 18.2. The van der Waals surface area contributed by atoms with Gasteiger partial charge in [0, 0.05) is 25.1 Å². The third-order valence-electron chi connectivity index (χ3n) is 4.27. The highest BCUT2D eigenvalue weighted by molar-refractivity contribution is 6.07. The third-order valence-corrected chi connectivity index (χ3v) is 4.27. The van der Waals surface area contributed by atoms with Crippen LogP contribution in [0.25, 0.3) is 21.9 Å². The molecular weight excluding hydrogens is 332 g/mol. The molecule has 0 saturated carbocycles. The van der Waals surface area contributed by atoms with Gasteiger partial charge in [-0.25, -0.2) is 4.79 Å². The topological polar surface area (TPSA) is 73.5 Å². The summed E-state index contributed by atoms with van der Waals surface area (Å²) in [5.74, 6) is -0.198. The van der Waals surface area contributed by atoms with Crippen LogP contribution in [-0.4, -0.2) is 29.7 Å². The number of ether oxygens (including phenoxy) is 1. The molecule has 3 aromatic rings. The van der Waals surface area contributed by atoms with Gasteiger partial charge in [-0.05, 0) is 45.4 Å². The minimum atomic E-state index is -0.426. The quantitative estimate of drug-likeness (QED) is 0.521. The smallest absolute Gasteiger partial charge is 0.345 e. The van der Waals surface area contributed by atoms with Gasteiger partial charge in [-0.3, -0.25) is 4.79 Å². The van der Waals surface area contributed by atoms with Crippen LogP contribution in [0.4, 0.5) is 0 Å². The largest absolute Gasteiger partial charge is 0.422 e. The van der Waals surface area contributed by atoms with Gasteiger partial charge in [0.15, 0.2) is 0 Å². The maximum atomic E-state index is 12.6. The maximum absolute atomic E-state index is 12.6. The van der Waals surface area contributed by atoms with E-state index >= 15 is 0 Å². The number of amides is 1. The number of para-hydroxylation sites is 1. The first-order chi connectivity index (χ1) is 12.5. The van der Waals surface area contributed by atoms with E-state index in [1.165, 1.54) is 0 Å². The standard InChI is InChI=1S/C20H24N2O4/c1-4-22-16(19(23)21-10-7-11-25-13(2)3)12-15-18(22)14-8-5-6-9-17(14)26-20(15)24/h5-6,8-9,12-13H,4,7,10-11H2,1-3H3,(H,21,23). The predicted molar refractivity (Wildman–Crippen MR) is 102 cm³/mol. The molecule has 3 rings (SSSR count). The van der Waals surface area contributed by atoms with Gasteiger partial charge >= 0.3 is 5.63 Å². The molecule has 0 radical (unpaired) electrons. The van der Waals surface area contributed by atoms with Crippen molar-refractivity contribution in [1.29, 1.82) is 0 Å². The van der Waals surface area contributed by atoms with Crippen molar-refractivity contribution >= 4 is 27.8 Å². The Morgan fingerprint density at radius 2 is 2.04 bits per heavy atom. The van der Waals surface area contributed by atoms with E-state index in [0.29, 0.717) is 36.4 Å². The Kier molecular flexibility index (Phi) is 5.42.